The predicted octanol–water partition coefficient (Wildman–Crippen LogP) is 3.37. The zero-order valence-electron chi connectivity index (χ0n) is 11.8. The van der Waals surface area contributed by atoms with E-state index in [1.54, 1.807) is 18.2 Å². The number of carbonyl (C=O) groups is 1. The van der Waals surface area contributed by atoms with Crippen LogP contribution < -0.4 is 4.90 Å². The molecule has 0 aliphatic rings. The van der Waals surface area contributed by atoms with Gasteiger partial charge >= 0.3 is 5.97 Å². The van der Waals surface area contributed by atoms with Gasteiger partial charge in [0.25, 0.3) is 0 Å². The Labute approximate surface area is 119 Å². The van der Waals surface area contributed by atoms with E-state index >= 15 is 0 Å². The van der Waals surface area contributed by atoms with Gasteiger partial charge in [-0.3, -0.25) is 0 Å². The van der Waals surface area contributed by atoms with Gasteiger partial charge in [0.15, 0.2) is 0 Å². The maximum Gasteiger partial charge on any atom is 0.335 e. The Bertz CT molecular complexity index is 607. The van der Waals surface area contributed by atoms with E-state index in [1.807, 2.05) is 25.2 Å². The summed E-state index contributed by atoms with van der Waals surface area (Å²) in [6.07, 6.45) is 0.945. The van der Waals surface area contributed by atoms with Crippen LogP contribution in [-0.2, 0) is 6.42 Å². The second-order valence-corrected chi connectivity index (χ2v) is 4.95. The van der Waals surface area contributed by atoms with Gasteiger partial charge in [-0.1, -0.05) is 30.3 Å². The lowest BCUT2D eigenvalue weighted by molar-refractivity contribution is 0.0697. The van der Waals surface area contributed by atoms with Crippen molar-refractivity contribution in [1.82, 2.24) is 0 Å². The van der Waals surface area contributed by atoms with Crippen LogP contribution in [0.3, 0.4) is 0 Å². The first-order valence-corrected chi connectivity index (χ1v) is 6.67. The fraction of sp³-hybridized carbons (Fsp3) is 0.235. The Kier molecular flexibility index (Phi) is 4.41. The zero-order chi connectivity index (χ0) is 14.5. The Hall–Kier alpha value is -2.29. The standard InChI is InChI=1S/C17H19NO2/c1-13-6-3-4-7-14(13)10-11-18(2)16-9-5-8-15(12-16)17(19)20/h3-9,12H,10-11H2,1-2H3,(H,19,20). The molecule has 3 nitrogen and oxygen atoms in total. The Morgan fingerprint density at radius 1 is 1.15 bits per heavy atom. The van der Waals surface area contributed by atoms with Crippen LogP contribution in [0.4, 0.5) is 5.69 Å². The average molecular weight is 269 g/mol. The molecule has 0 aliphatic heterocycles. The summed E-state index contributed by atoms with van der Waals surface area (Å²) in [5, 5.41) is 9.02. The predicted molar refractivity (Wildman–Crippen MR) is 81.6 cm³/mol. The largest absolute Gasteiger partial charge is 0.478 e. The van der Waals surface area contributed by atoms with Crippen molar-refractivity contribution in [3.8, 4) is 0 Å². The molecule has 0 amide bonds. The summed E-state index contributed by atoms with van der Waals surface area (Å²) in [6.45, 7) is 2.97. The number of benzene rings is 2. The molecule has 20 heavy (non-hydrogen) atoms. The second-order valence-electron chi connectivity index (χ2n) is 4.95. The highest BCUT2D eigenvalue weighted by atomic mass is 16.4. The maximum absolute atomic E-state index is 11.0. The summed E-state index contributed by atoms with van der Waals surface area (Å²) < 4.78 is 0. The van der Waals surface area contributed by atoms with Gasteiger partial charge in [-0.2, -0.15) is 0 Å². The van der Waals surface area contributed by atoms with Crippen LogP contribution in [0.5, 0.6) is 0 Å². The molecule has 0 heterocycles. The van der Waals surface area contributed by atoms with E-state index in [1.165, 1.54) is 11.1 Å². The summed E-state index contributed by atoms with van der Waals surface area (Å²) >= 11 is 0. The van der Waals surface area contributed by atoms with Crippen LogP contribution in [-0.4, -0.2) is 24.7 Å². The molecular weight excluding hydrogens is 250 g/mol. The van der Waals surface area contributed by atoms with E-state index in [0.29, 0.717) is 5.56 Å². The van der Waals surface area contributed by atoms with Gasteiger partial charge in [-0.05, 0) is 42.7 Å². The highest BCUT2D eigenvalue weighted by Crippen LogP contribution is 2.16. The number of nitrogens with zero attached hydrogens (tertiary/aromatic N) is 1. The number of aromatic carboxylic acids is 1. The van der Waals surface area contributed by atoms with Crippen LogP contribution in [0.2, 0.25) is 0 Å². The molecule has 0 radical (unpaired) electrons. The summed E-state index contributed by atoms with van der Waals surface area (Å²) in [7, 11) is 1.99. The molecule has 0 saturated heterocycles. The Balaban J connectivity index is 2.05. The lowest BCUT2D eigenvalue weighted by Gasteiger charge is -2.20. The van der Waals surface area contributed by atoms with E-state index in [-0.39, 0.29) is 0 Å². The van der Waals surface area contributed by atoms with Gasteiger partial charge in [-0.15, -0.1) is 0 Å². The van der Waals surface area contributed by atoms with Crippen LogP contribution in [0.1, 0.15) is 21.5 Å². The van der Waals surface area contributed by atoms with Crippen LogP contribution in [0.15, 0.2) is 48.5 Å². The molecule has 1 N–H and O–H groups in total. The molecule has 104 valence electrons. The summed E-state index contributed by atoms with van der Waals surface area (Å²) in [6, 6.07) is 15.4. The van der Waals surface area contributed by atoms with Gasteiger partial charge in [0.2, 0.25) is 0 Å². The molecule has 0 saturated carbocycles. The normalized spacial score (nSPS) is 10.3. The van der Waals surface area contributed by atoms with Crippen LogP contribution >= 0.6 is 0 Å². The Morgan fingerprint density at radius 2 is 1.90 bits per heavy atom. The second kappa shape index (κ2) is 6.24. The van der Waals surface area contributed by atoms with Crippen molar-refractivity contribution in [3.63, 3.8) is 0 Å². The van der Waals surface area contributed by atoms with E-state index in [9.17, 15) is 4.79 Å². The summed E-state index contributed by atoms with van der Waals surface area (Å²) in [4.78, 5) is 13.1. The molecule has 2 aromatic rings. The SMILES string of the molecule is Cc1ccccc1CCN(C)c1cccc(C(=O)O)c1. The molecule has 0 spiro atoms. The molecule has 0 bridgehead atoms. The minimum absolute atomic E-state index is 0.324. The minimum Gasteiger partial charge on any atom is -0.478 e. The summed E-state index contributed by atoms with van der Waals surface area (Å²) in [5.74, 6) is -0.890. The van der Waals surface area contributed by atoms with Gasteiger partial charge in [0.05, 0.1) is 5.56 Å². The smallest absolute Gasteiger partial charge is 0.335 e. The lowest BCUT2D eigenvalue weighted by Crippen LogP contribution is -2.20. The van der Waals surface area contributed by atoms with Crippen molar-refractivity contribution in [3.05, 3.63) is 65.2 Å². The monoisotopic (exact) mass is 269 g/mol. The number of aryl methyl sites for hydroxylation is 1. The van der Waals surface area contributed by atoms with E-state index in [2.05, 4.69) is 24.0 Å². The van der Waals surface area contributed by atoms with Gasteiger partial charge < -0.3 is 10.0 Å². The molecule has 0 unspecified atom stereocenters. The lowest BCUT2D eigenvalue weighted by atomic mass is 10.1. The first-order valence-electron chi connectivity index (χ1n) is 6.67. The van der Waals surface area contributed by atoms with Gasteiger partial charge in [0.1, 0.15) is 0 Å². The molecule has 2 aromatic carbocycles. The molecule has 0 fully saturated rings. The Morgan fingerprint density at radius 3 is 2.60 bits per heavy atom. The number of hydrogen-bond acceptors (Lipinski definition) is 2. The van der Waals surface area contributed by atoms with E-state index < -0.39 is 5.97 Å². The number of hydrogen-bond donors (Lipinski definition) is 1. The highest BCUT2D eigenvalue weighted by molar-refractivity contribution is 5.88. The van der Waals surface area contributed by atoms with Crippen LogP contribution in [0, 0.1) is 6.92 Å². The number of anilines is 1. The number of likely N-dealkylation sites (N-methyl/N-ethyl adjacent to an activating group) is 1. The van der Waals surface area contributed by atoms with E-state index in [0.717, 1.165) is 18.7 Å². The van der Waals surface area contributed by atoms with Crippen LogP contribution in [0.25, 0.3) is 0 Å². The van der Waals surface area contributed by atoms with Crippen molar-refractivity contribution in [1.29, 1.82) is 0 Å². The number of carboxylic acids is 1. The maximum atomic E-state index is 11.0. The van der Waals surface area contributed by atoms with E-state index in [4.69, 9.17) is 5.11 Å². The molecule has 3 heteroatoms. The van der Waals surface area contributed by atoms with Crippen molar-refractivity contribution < 1.29 is 9.90 Å². The van der Waals surface area contributed by atoms with Gasteiger partial charge in [-0.25, -0.2) is 4.79 Å². The molecule has 0 aromatic heterocycles. The zero-order valence-corrected chi connectivity index (χ0v) is 11.8. The first-order chi connectivity index (χ1) is 9.58. The van der Waals surface area contributed by atoms with Crippen molar-refractivity contribution >= 4 is 11.7 Å². The quantitative estimate of drug-likeness (QED) is 0.904. The van der Waals surface area contributed by atoms with Crippen molar-refractivity contribution in [2.24, 2.45) is 0 Å². The summed E-state index contributed by atoms with van der Waals surface area (Å²) in [5.41, 5.74) is 3.87. The number of rotatable bonds is 5. The molecule has 0 atom stereocenters. The molecule has 2 rings (SSSR count). The first kappa shape index (κ1) is 14.1. The fourth-order valence-electron chi connectivity index (χ4n) is 2.18. The minimum atomic E-state index is -0.890. The molecular formula is C17H19NO2. The van der Waals surface area contributed by atoms with Crippen molar-refractivity contribution in [2.45, 2.75) is 13.3 Å². The topological polar surface area (TPSA) is 40.5 Å². The number of carboxylic acid groups (broad SMARTS) is 1. The van der Waals surface area contributed by atoms with Crippen molar-refractivity contribution in [2.75, 3.05) is 18.5 Å². The third-order valence-corrected chi connectivity index (χ3v) is 3.51. The third kappa shape index (κ3) is 3.38. The third-order valence-electron chi connectivity index (χ3n) is 3.51. The highest BCUT2D eigenvalue weighted by Gasteiger charge is 2.07. The average Bonchev–Trinajstić information content (AvgIpc) is 2.46. The fourth-order valence-corrected chi connectivity index (χ4v) is 2.18. The molecule has 0 aliphatic carbocycles. The van der Waals surface area contributed by atoms with Gasteiger partial charge in [0, 0.05) is 19.3 Å².